The van der Waals surface area contributed by atoms with Gasteiger partial charge in [-0.05, 0) is 92.8 Å². The number of hydrogen-bond donors (Lipinski definition) is 1. The lowest BCUT2D eigenvalue weighted by Gasteiger charge is -2.63. The minimum absolute atomic E-state index is 0.154. The molecule has 1 saturated heterocycles. The van der Waals surface area contributed by atoms with Crippen LogP contribution in [0.4, 0.5) is 0 Å². The third kappa shape index (κ3) is 3.73. The second-order valence-electron chi connectivity index (χ2n) is 15.0. The Morgan fingerprint density at radius 3 is 2.43 bits per heavy atom. The predicted molar refractivity (Wildman–Crippen MR) is 145 cm³/mol. The first-order valence-corrected chi connectivity index (χ1v) is 14.8. The van der Waals surface area contributed by atoms with Crippen molar-refractivity contribution in [2.24, 2.45) is 45.3 Å². The van der Waals surface area contributed by atoms with Gasteiger partial charge in [-0.1, -0.05) is 46.3 Å². The molecule has 5 heteroatoms. The van der Waals surface area contributed by atoms with Crippen LogP contribution >= 0.6 is 0 Å². The number of ketones is 1. The first-order valence-electron chi connectivity index (χ1n) is 14.8. The first kappa shape index (κ1) is 27.8. The summed E-state index contributed by atoms with van der Waals surface area (Å²) >= 11 is 0. The monoisotopic (exact) mass is 516 g/mol. The molecule has 1 aliphatic heterocycles. The molecule has 37 heavy (non-hydrogen) atoms. The molecule has 0 spiro atoms. The summed E-state index contributed by atoms with van der Waals surface area (Å²) in [6.07, 6.45) is 9.70. The van der Waals surface area contributed by atoms with Crippen molar-refractivity contribution in [2.75, 3.05) is 14.2 Å². The van der Waals surface area contributed by atoms with Crippen molar-refractivity contribution >= 4 is 5.78 Å². The van der Waals surface area contributed by atoms with Crippen molar-refractivity contribution in [3.05, 3.63) is 11.6 Å². The fraction of sp³-hybridized carbons (Fsp3) is 0.906. The van der Waals surface area contributed by atoms with Gasteiger partial charge >= 0.3 is 0 Å². The molecule has 0 aromatic carbocycles. The molecule has 5 rings (SSSR count). The van der Waals surface area contributed by atoms with Gasteiger partial charge in [0.1, 0.15) is 11.9 Å². The summed E-state index contributed by atoms with van der Waals surface area (Å²) in [6, 6.07) is 0. The van der Waals surface area contributed by atoms with Gasteiger partial charge in [-0.3, -0.25) is 4.79 Å². The van der Waals surface area contributed by atoms with Crippen molar-refractivity contribution in [2.45, 2.75) is 124 Å². The van der Waals surface area contributed by atoms with Crippen LogP contribution in [-0.4, -0.2) is 49.2 Å². The Balaban J connectivity index is 1.44. The summed E-state index contributed by atoms with van der Waals surface area (Å²) < 4.78 is 17.9. The van der Waals surface area contributed by atoms with Crippen LogP contribution in [0.2, 0.25) is 0 Å². The number of carbonyl (C=O) groups excluding carboxylic acids is 1. The van der Waals surface area contributed by atoms with E-state index in [1.165, 1.54) is 25.7 Å². The summed E-state index contributed by atoms with van der Waals surface area (Å²) in [4.78, 5) is 12.9. The zero-order valence-corrected chi connectivity index (χ0v) is 24.9. The van der Waals surface area contributed by atoms with Crippen molar-refractivity contribution in [1.29, 1.82) is 0 Å². The van der Waals surface area contributed by atoms with E-state index in [1.54, 1.807) is 19.8 Å². The van der Waals surface area contributed by atoms with E-state index in [1.807, 2.05) is 13.8 Å². The maximum absolute atomic E-state index is 12.9. The number of aliphatic hydroxyl groups is 1. The molecule has 5 aliphatic rings. The van der Waals surface area contributed by atoms with Gasteiger partial charge in [0.25, 0.3) is 0 Å². The fourth-order valence-electron chi connectivity index (χ4n) is 10.3. The summed E-state index contributed by atoms with van der Waals surface area (Å²) in [5, 5.41) is 11.1. The van der Waals surface area contributed by atoms with E-state index in [9.17, 15) is 9.90 Å². The van der Waals surface area contributed by atoms with Gasteiger partial charge in [-0.15, -0.1) is 0 Å². The third-order valence-electron chi connectivity index (χ3n) is 13.1. The van der Waals surface area contributed by atoms with Gasteiger partial charge in [-0.2, -0.15) is 0 Å². The molecule has 1 N–H and O–H groups in total. The molecule has 0 aromatic heterocycles. The highest BCUT2D eigenvalue weighted by molar-refractivity contribution is 5.85. The molecular weight excluding hydrogens is 464 g/mol. The van der Waals surface area contributed by atoms with Gasteiger partial charge in [0.15, 0.2) is 6.29 Å². The Hall–Kier alpha value is -0.750. The molecule has 0 radical (unpaired) electrons. The van der Waals surface area contributed by atoms with Crippen LogP contribution in [0.5, 0.6) is 0 Å². The lowest BCUT2D eigenvalue weighted by Crippen LogP contribution is -2.57. The molecule has 210 valence electrons. The minimum Gasteiger partial charge on any atom is -0.387 e. The normalized spacial score (nSPS) is 48.2. The maximum Gasteiger partial charge on any atom is 0.160 e. The van der Waals surface area contributed by atoms with E-state index in [-0.39, 0.29) is 40.0 Å². The summed E-state index contributed by atoms with van der Waals surface area (Å²) in [5.41, 5.74) is 1.32. The van der Waals surface area contributed by atoms with Crippen LogP contribution in [0.25, 0.3) is 0 Å². The minimum atomic E-state index is -0.702. The van der Waals surface area contributed by atoms with E-state index in [0.717, 1.165) is 25.7 Å². The van der Waals surface area contributed by atoms with Crippen LogP contribution in [0.15, 0.2) is 11.6 Å². The standard InChI is InChI=1S/C32H52O5/c1-28(2)24-11-10-22-21(30(24,5)15-14-25(28)33)13-17-31(6)20(12-16-32(22,31)7)19-18-23(37-27(19)35-8)26(34)29(3,4)36-9/h10,19-21,23-24,26-27,34H,11-18H2,1-9H3/t19?,20-,21?,23+,24?,26?,27+,30+,31-,32+/m0/s1. The smallest absolute Gasteiger partial charge is 0.160 e. The molecule has 5 nitrogen and oxygen atoms in total. The predicted octanol–water partition coefficient (Wildman–Crippen LogP) is 6.32. The highest BCUT2D eigenvalue weighted by Gasteiger charge is 2.66. The SMILES string of the molecule is CO[C@@H]1O[C@@H](C(O)C(C)(C)OC)CC1[C@@H]1CC[C@]2(C)C3=CCC4C(C)(C)C(=O)CC[C@]4(C)C3CC[C@@]12C. The second-order valence-corrected chi connectivity index (χ2v) is 15.0. The Bertz CT molecular complexity index is 953. The number of carbonyl (C=O) groups is 1. The van der Waals surface area contributed by atoms with Crippen LogP contribution in [-0.2, 0) is 19.0 Å². The van der Waals surface area contributed by atoms with Crippen LogP contribution in [0.1, 0.15) is 99.8 Å². The maximum atomic E-state index is 12.9. The van der Waals surface area contributed by atoms with E-state index < -0.39 is 11.7 Å². The van der Waals surface area contributed by atoms with Crippen molar-refractivity contribution in [3.63, 3.8) is 0 Å². The molecule has 1 heterocycles. The van der Waals surface area contributed by atoms with Crippen molar-refractivity contribution < 1.29 is 24.1 Å². The number of allylic oxidation sites excluding steroid dienone is 2. The zero-order valence-electron chi connectivity index (χ0n) is 24.9. The summed E-state index contributed by atoms with van der Waals surface area (Å²) in [6.45, 7) is 15.9. The topological polar surface area (TPSA) is 65.0 Å². The summed E-state index contributed by atoms with van der Waals surface area (Å²) in [7, 11) is 3.40. The van der Waals surface area contributed by atoms with Gasteiger partial charge < -0.3 is 19.3 Å². The Morgan fingerprint density at radius 2 is 1.78 bits per heavy atom. The van der Waals surface area contributed by atoms with Gasteiger partial charge in [0.2, 0.25) is 0 Å². The zero-order chi connectivity index (χ0) is 27.2. The van der Waals surface area contributed by atoms with Gasteiger partial charge in [0.05, 0.1) is 11.7 Å². The van der Waals surface area contributed by atoms with Gasteiger partial charge in [-0.25, -0.2) is 0 Å². The van der Waals surface area contributed by atoms with Crippen LogP contribution < -0.4 is 0 Å². The highest BCUT2D eigenvalue weighted by Crippen LogP contribution is 2.73. The van der Waals surface area contributed by atoms with E-state index >= 15 is 0 Å². The lowest BCUT2D eigenvalue weighted by molar-refractivity contribution is -0.189. The lowest BCUT2D eigenvalue weighted by atomic mass is 9.41. The number of methoxy groups -OCH3 is 2. The molecule has 10 atom stereocenters. The molecule has 3 saturated carbocycles. The van der Waals surface area contributed by atoms with Crippen LogP contribution in [0.3, 0.4) is 0 Å². The van der Waals surface area contributed by atoms with Crippen molar-refractivity contribution in [1.82, 2.24) is 0 Å². The average Bonchev–Trinajstić information content (AvgIpc) is 3.39. The van der Waals surface area contributed by atoms with E-state index in [0.29, 0.717) is 23.5 Å². The quantitative estimate of drug-likeness (QED) is 0.433. The molecule has 0 amide bonds. The number of hydrogen-bond acceptors (Lipinski definition) is 5. The van der Waals surface area contributed by atoms with Gasteiger partial charge in [0, 0.05) is 32.0 Å². The average molecular weight is 517 g/mol. The molecule has 0 bridgehead atoms. The highest BCUT2D eigenvalue weighted by atomic mass is 16.7. The molecule has 4 aliphatic carbocycles. The van der Waals surface area contributed by atoms with E-state index in [2.05, 4.69) is 40.7 Å². The number of fused-ring (bicyclic) bond motifs is 5. The molecule has 4 unspecified atom stereocenters. The molecular formula is C32H52O5. The first-order chi connectivity index (χ1) is 17.2. The number of rotatable bonds is 5. The van der Waals surface area contributed by atoms with E-state index in [4.69, 9.17) is 14.2 Å². The Kier molecular flexibility index (Phi) is 6.67. The van der Waals surface area contributed by atoms with Crippen LogP contribution in [0, 0.1) is 45.3 Å². The largest absolute Gasteiger partial charge is 0.387 e. The number of aliphatic hydroxyl groups excluding tert-OH is 1. The fourth-order valence-corrected chi connectivity index (χ4v) is 10.3. The Morgan fingerprint density at radius 1 is 1.08 bits per heavy atom. The third-order valence-corrected chi connectivity index (χ3v) is 13.1. The van der Waals surface area contributed by atoms with Crippen molar-refractivity contribution in [3.8, 4) is 0 Å². The second kappa shape index (κ2) is 8.88. The number of Topliss-reactive ketones (excluding diaryl/α,β-unsaturated/α-hetero) is 1. The number of ether oxygens (including phenoxy) is 3. The Labute approximate surface area is 225 Å². The summed E-state index contributed by atoms with van der Waals surface area (Å²) in [5.74, 6) is 2.22. The molecule has 0 aromatic rings. The molecule has 4 fully saturated rings.